The first-order valence-electron chi connectivity index (χ1n) is 3.59. The first-order chi connectivity index (χ1) is 5.65. The number of hydrogen-bond acceptors (Lipinski definition) is 3. The second-order valence-corrected chi connectivity index (χ2v) is 2.00. The van der Waals surface area contributed by atoms with Gasteiger partial charge in [-0.25, -0.2) is 4.79 Å². The molecule has 0 amide bonds. The molecule has 0 aliphatic heterocycles. The normalized spacial score (nSPS) is 10.5. The molecule has 1 aromatic rings. The van der Waals surface area contributed by atoms with Gasteiger partial charge in [0, 0.05) is 5.69 Å². The Labute approximate surface area is 66.2 Å². The SMILES string of the molecule is [2H]c1ccc(N)c(C(=O)OC)c1. The summed E-state index contributed by atoms with van der Waals surface area (Å²) in [5, 5.41) is 0. The van der Waals surface area contributed by atoms with Gasteiger partial charge in [-0.3, -0.25) is 0 Å². The van der Waals surface area contributed by atoms with Crippen LogP contribution in [0.4, 0.5) is 5.69 Å². The van der Waals surface area contributed by atoms with Gasteiger partial charge in [0.05, 0.1) is 14.0 Å². The van der Waals surface area contributed by atoms with Crippen molar-refractivity contribution < 1.29 is 10.9 Å². The van der Waals surface area contributed by atoms with Crippen molar-refractivity contribution in [3.63, 3.8) is 0 Å². The van der Waals surface area contributed by atoms with E-state index in [0.717, 1.165) is 0 Å². The molecular weight excluding hydrogens is 142 g/mol. The van der Waals surface area contributed by atoms with E-state index in [1.165, 1.54) is 25.3 Å². The van der Waals surface area contributed by atoms with E-state index in [1.807, 2.05) is 0 Å². The number of carbonyl (C=O) groups is 1. The Balaban J connectivity index is 3.13. The first kappa shape index (κ1) is 6.22. The average Bonchev–Trinajstić information content (AvgIpc) is 2.08. The van der Waals surface area contributed by atoms with Gasteiger partial charge in [-0.1, -0.05) is 12.1 Å². The third-order valence-corrected chi connectivity index (χ3v) is 1.30. The zero-order valence-corrected chi connectivity index (χ0v) is 6.13. The molecule has 0 fully saturated rings. The van der Waals surface area contributed by atoms with Crippen molar-refractivity contribution in [1.29, 1.82) is 0 Å². The summed E-state index contributed by atoms with van der Waals surface area (Å²) in [6.07, 6.45) is 0. The first-order valence-corrected chi connectivity index (χ1v) is 3.09. The van der Waals surface area contributed by atoms with Gasteiger partial charge in [-0.05, 0) is 12.1 Å². The minimum atomic E-state index is -0.512. The van der Waals surface area contributed by atoms with Gasteiger partial charge < -0.3 is 10.5 Å². The number of esters is 1. The largest absolute Gasteiger partial charge is 0.465 e. The lowest BCUT2D eigenvalue weighted by molar-refractivity contribution is 0.0602. The van der Waals surface area contributed by atoms with Crippen molar-refractivity contribution in [1.82, 2.24) is 0 Å². The molecule has 0 aliphatic rings. The fourth-order valence-electron chi connectivity index (χ4n) is 0.729. The number of nitrogen functional groups attached to an aromatic ring is 1. The molecule has 2 N–H and O–H groups in total. The minimum absolute atomic E-state index is 0.240. The Bertz CT molecular complexity index is 312. The Morgan fingerprint density at radius 1 is 1.73 bits per heavy atom. The Hall–Kier alpha value is -1.51. The zero-order valence-electron chi connectivity index (χ0n) is 7.13. The molecule has 0 aliphatic carbocycles. The summed E-state index contributed by atoms with van der Waals surface area (Å²) in [6.45, 7) is 0. The highest BCUT2D eigenvalue weighted by atomic mass is 16.5. The van der Waals surface area contributed by atoms with Crippen LogP contribution in [0.2, 0.25) is 0 Å². The summed E-state index contributed by atoms with van der Waals surface area (Å²) in [5.41, 5.74) is 6.05. The van der Waals surface area contributed by atoms with Crippen molar-refractivity contribution in [2.24, 2.45) is 0 Å². The molecule has 1 aromatic carbocycles. The molecule has 0 radical (unpaired) electrons. The second kappa shape index (κ2) is 3.05. The van der Waals surface area contributed by atoms with Crippen LogP contribution in [0.15, 0.2) is 24.2 Å². The lowest BCUT2D eigenvalue weighted by atomic mass is 10.2. The number of rotatable bonds is 1. The molecule has 58 valence electrons. The van der Waals surface area contributed by atoms with E-state index >= 15 is 0 Å². The van der Waals surface area contributed by atoms with E-state index in [9.17, 15) is 4.79 Å². The maximum Gasteiger partial charge on any atom is 0.339 e. The highest BCUT2D eigenvalue weighted by Crippen LogP contribution is 2.10. The Kier molecular flexibility index (Phi) is 1.73. The summed E-state index contributed by atoms with van der Waals surface area (Å²) in [4.78, 5) is 11.0. The fraction of sp³-hybridized carbons (Fsp3) is 0.125. The van der Waals surface area contributed by atoms with E-state index in [-0.39, 0.29) is 11.6 Å². The van der Waals surface area contributed by atoms with Crippen LogP contribution in [0, 0.1) is 0 Å². The van der Waals surface area contributed by atoms with Crippen LogP contribution in [-0.2, 0) is 4.74 Å². The number of benzene rings is 1. The second-order valence-electron chi connectivity index (χ2n) is 2.00. The van der Waals surface area contributed by atoms with Gasteiger partial charge >= 0.3 is 5.97 Å². The monoisotopic (exact) mass is 152 g/mol. The molecule has 0 aromatic heterocycles. The number of para-hydroxylation sites is 1. The smallest absolute Gasteiger partial charge is 0.339 e. The van der Waals surface area contributed by atoms with E-state index in [0.29, 0.717) is 5.69 Å². The molecule has 0 spiro atoms. The molecule has 0 atom stereocenters. The van der Waals surface area contributed by atoms with E-state index < -0.39 is 5.97 Å². The molecule has 0 bridgehead atoms. The van der Waals surface area contributed by atoms with E-state index in [1.54, 1.807) is 0 Å². The van der Waals surface area contributed by atoms with Crippen LogP contribution in [0.3, 0.4) is 0 Å². The number of ether oxygens (including phenoxy) is 1. The molecule has 3 nitrogen and oxygen atoms in total. The molecule has 0 saturated heterocycles. The maximum atomic E-state index is 11.0. The summed E-state index contributed by atoms with van der Waals surface area (Å²) in [7, 11) is 1.28. The van der Waals surface area contributed by atoms with Gasteiger partial charge in [-0.15, -0.1) is 0 Å². The summed E-state index contributed by atoms with van der Waals surface area (Å²) >= 11 is 0. The third kappa shape index (κ3) is 1.49. The highest BCUT2D eigenvalue weighted by Gasteiger charge is 2.06. The van der Waals surface area contributed by atoms with Gasteiger partial charge in [-0.2, -0.15) is 0 Å². The van der Waals surface area contributed by atoms with Crippen LogP contribution < -0.4 is 5.73 Å². The van der Waals surface area contributed by atoms with Crippen molar-refractivity contribution in [3.05, 3.63) is 29.8 Å². The van der Waals surface area contributed by atoms with Crippen molar-refractivity contribution in [2.45, 2.75) is 0 Å². The number of methoxy groups -OCH3 is 1. The minimum Gasteiger partial charge on any atom is -0.465 e. The Morgan fingerprint density at radius 3 is 3.09 bits per heavy atom. The van der Waals surface area contributed by atoms with Gasteiger partial charge in [0.2, 0.25) is 0 Å². The molecule has 3 heteroatoms. The summed E-state index contributed by atoms with van der Waals surface area (Å²) in [5.74, 6) is -0.512. The summed E-state index contributed by atoms with van der Waals surface area (Å²) < 4.78 is 11.7. The van der Waals surface area contributed by atoms with Crippen LogP contribution in [0.5, 0.6) is 0 Å². The quantitative estimate of drug-likeness (QED) is 0.483. The van der Waals surface area contributed by atoms with Crippen molar-refractivity contribution in [3.8, 4) is 0 Å². The lowest BCUT2D eigenvalue weighted by Gasteiger charge is -2.00. The average molecular weight is 152 g/mol. The van der Waals surface area contributed by atoms with Gasteiger partial charge in [0.1, 0.15) is 0 Å². The Morgan fingerprint density at radius 2 is 2.45 bits per heavy atom. The van der Waals surface area contributed by atoms with Crippen LogP contribution in [0.1, 0.15) is 11.7 Å². The van der Waals surface area contributed by atoms with Crippen LogP contribution >= 0.6 is 0 Å². The van der Waals surface area contributed by atoms with E-state index in [2.05, 4.69) is 4.74 Å². The van der Waals surface area contributed by atoms with Crippen LogP contribution in [0.25, 0.3) is 0 Å². The number of nitrogens with two attached hydrogens (primary N) is 1. The molecular formula is C8H9NO2. The molecule has 0 unspecified atom stereocenters. The number of hydrogen-bond donors (Lipinski definition) is 1. The standard InChI is InChI=1S/C8H9NO2/c1-11-8(10)6-4-2-3-5-7(6)9/h2-5H,9H2,1H3/i2D. The highest BCUT2D eigenvalue weighted by molar-refractivity contribution is 5.94. The van der Waals surface area contributed by atoms with Crippen LogP contribution in [-0.4, -0.2) is 13.1 Å². The summed E-state index contributed by atoms with van der Waals surface area (Å²) in [6, 6.07) is 4.64. The van der Waals surface area contributed by atoms with Gasteiger partial charge in [0.25, 0.3) is 0 Å². The van der Waals surface area contributed by atoms with Crippen molar-refractivity contribution in [2.75, 3.05) is 12.8 Å². The molecule has 0 heterocycles. The maximum absolute atomic E-state index is 11.0. The predicted molar refractivity (Wildman–Crippen MR) is 42.2 cm³/mol. The number of carbonyl (C=O) groups excluding carboxylic acids is 1. The van der Waals surface area contributed by atoms with Crippen molar-refractivity contribution >= 4 is 11.7 Å². The molecule has 11 heavy (non-hydrogen) atoms. The molecule has 1 rings (SSSR count). The number of anilines is 1. The lowest BCUT2D eigenvalue weighted by Crippen LogP contribution is -2.04. The fourth-order valence-corrected chi connectivity index (χ4v) is 0.729. The zero-order chi connectivity index (χ0) is 9.14. The van der Waals surface area contributed by atoms with E-state index in [4.69, 9.17) is 7.10 Å². The topological polar surface area (TPSA) is 52.3 Å². The molecule has 0 saturated carbocycles. The van der Waals surface area contributed by atoms with Gasteiger partial charge in [0.15, 0.2) is 0 Å². The third-order valence-electron chi connectivity index (χ3n) is 1.30. The predicted octanol–water partition coefficient (Wildman–Crippen LogP) is 1.06.